The Kier molecular flexibility index (Phi) is 6.68. The maximum absolute atomic E-state index is 13.3. The molecule has 3 aliphatic rings. The van der Waals surface area contributed by atoms with Gasteiger partial charge >= 0.3 is 5.97 Å². The molecule has 0 aromatic heterocycles. The van der Waals surface area contributed by atoms with Gasteiger partial charge in [0.15, 0.2) is 6.10 Å². The van der Waals surface area contributed by atoms with E-state index in [0.29, 0.717) is 25.8 Å². The van der Waals surface area contributed by atoms with Crippen LogP contribution < -0.4 is 4.90 Å². The van der Waals surface area contributed by atoms with Gasteiger partial charge in [0.1, 0.15) is 6.04 Å². The lowest BCUT2D eigenvalue weighted by Crippen LogP contribution is -2.49. The first-order valence-electron chi connectivity index (χ1n) is 11.9. The zero-order chi connectivity index (χ0) is 23.7. The number of imide groups is 1. The zero-order valence-corrected chi connectivity index (χ0v) is 19.5. The van der Waals surface area contributed by atoms with Crippen LogP contribution in [0.15, 0.2) is 36.4 Å². The van der Waals surface area contributed by atoms with Gasteiger partial charge in [-0.25, -0.2) is 4.79 Å². The summed E-state index contributed by atoms with van der Waals surface area (Å²) in [6.07, 6.45) is 5.89. The van der Waals surface area contributed by atoms with E-state index in [9.17, 15) is 19.2 Å². The van der Waals surface area contributed by atoms with Crippen molar-refractivity contribution < 1.29 is 23.9 Å². The summed E-state index contributed by atoms with van der Waals surface area (Å²) in [6, 6.07) is 6.73. The van der Waals surface area contributed by atoms with Crippen LogP contribution in [0.4, 0.5) is 5.69 Å². The van der Waals surface area contributed by atoms with Crippen molar-refractivity contribution in [3.05, 3.63) is 42.0 Å². The molecule has 4 atom stereocenters. The van der Waals surface area contributed by atoms with Gasteiger partial charge < -0.3 is 9.64 Å². The van der Waals surface area contributed by atoms with Gasteiger partial charge in [-0.3, -0.25) is 19.3 Å². The fourth-order valence-electron chi connectivity index (χ4n) is 5.17. The van der Waals surface area contributed by atoms with Crippen LogP contribution in [0, 0.1) is 17.8 Å². The van der Waals surface area contributed by atoms with Gasteiger partial charge in [-0.05, 0) is 56.6 Å². The van der Waals surface area contributed by atoms with E-state index in [1.54, 1.807) is 11.8 Å². The molecule has 7 nitrogen and oxygen atoms in total. The number of carbonyl (C=O) groups excluding carboxylic acids is 4. The third-order valence-electron chi connectivity index (χ3n) is 6.84. The van der Waals surface area contributed by atoms with Crippen molar-refractivity contribution in [3.63, 3.8) is 0 Å². The Balaban J connectivity index is 1.50. The second-order valence-corrected chi connectivity index (χ2v) is 9.65. The molecule has 176 valence electrons. The average Bonchev–Trinajstić information content (AvgIpc) is 3.06. The van der Waals surface area contributed by atoms with Crippen molar-refractivity contribution in [1.82, 2.24) is 4.90 Å². The number of hydrogen-bond acceptors (Lipinski definition) is 5. The number of aryl methyl sites for hydroxylation is 1. The highest BCUT2D eigenvalue weighted by molar-refractivity contribution is 6.08. The smallest absolute Gasteiger partial charge is 0.330 e. The molecule has 0 bridgehead atoms. The number of rotatable bonds is 6. The summed E-state index contributed by atoms with van der Waals surface area (Å²) in [5.74, 6) is -2.35. The first-order valence-corrected chi connectivity index (χ1v) is 11.9. The fraction of sp³-hybridized carbons (Fsp3) is 0.538. The maximum Gasteiger partial charge on any atom is 0.330 e. The second kappa shape index (κ2) is 9.49. The van der Waals surface area contributed by atoms with Crippen LogP contribution in [-0.2, 0) is 30.3 Å². The highest BCUT2D eigenvalue weighted by Gasteiger charge is 2.51. The predicted molar refractivity (Wildman–Crippen MR) is 123 cm³/mol. The number of hydrogen-bond donors (Lipinski definition) is 0. The summed E-state index contributed by atoms with van der Waals surface area (Å²) in [5, 5.41) is 0. The van der Waals surface area contributed by atoms with Crippen LogP contribution in [0.1, 0.15) is 52.0 Å². The van der Waals surface area contributed by atoms with Gasteiger partial charge in [0.05, 0.1) is 11.8 Å². The largest absolute Gasteiger partial charge is 0.451 e. The van der Waals surface area contributed by atoms with Gasteiger partial charge in [-0.2, -0.15) is 0 Å². The van der Waals surface area contributed by atoms with E-state index in [2.05, 4.69) is 0 Å². The highest BCUT2D eigenvalue weighted by Crippen LogP contribution is 2.37. The first kappa shape index (κ1) is 23.2. The summed E-state index contributed by atoms with van der Waals surface area (Å²) < 4.78 is 5.61. The first-order chi connectivity index (χ1) is 15.8. The molecular weight excluding hydrogens is 420 g/mol. The molecular formula is C26H32N2O5. The highest BCUT2D eigenvalue weighted by atomic mass is 16.5. The van der Waals surface area contributed by atoms with Gasteiger partial charge in [0.25, 0.3) is 5.91 Å². The summed E-state index contributed by atoms with van der Waals surface area (Å²) in [5.41, 5.74) is 1.94. The van der Waals surface area contributed by atoms with Crippen LogP contribution >= 0.6 is 0 Å². The van der Waals surface area contributed by atoms with Crippen LogP contribution in [0.5, 0.6) is 0 Å². The van der Waals surface area contributed by atoms with E-state index in [4.69, 9.17) is 4.74 Å². The number of carbonyl (C=O) groups is 4. The number of ether oxygens (including phenoxy) is 1. The number of allylic oxidation sites excluding steroid dienone is 2. The minimum absolute atomic E-state index is 0.0592. The molecule has 0 spiro atoms. The Morgan fingerprint density at radius 2 is 1.67 bits per heavy atom. The molecule has 2 heterocycles. The Bertz CT molecular complexity index is 959. The Labute approximate surface area is 194 Å². The van der Waals surface area contributed by atoms with Crippen molar-refractivity contribution in [3.8, 4) is 0 Å². The normalized spacial score (nSPS) is 23.9. The molecule has 2 aliphatic heterocycles. The maximum atomic E-state index is 13.3. The van der Waals surface area contributed by atoms with Crippen molar-refractivity contribution in [1.29, 1.82) is 0 Å². The van der Waals surface area contributed by atoms with Crippen LogP contribution in [0.2, 0.25) is 0 Å². The van der Waals surface area contributed by atoms with Gasteiger partial charge in [-0.15, -0.1) is 0 Å². The number of para-hydroxylation sites is 1. The van der Waals surface area contributed by atoms with Gasteiger partial charge in [0, 0.05) is 12.2 Å². The Hall–Kier alpha value is -2.96. The van der Waals surface area contributed by atoms with Gasteiger partial charge in [-0.1, -0.05) is 44.2 Å². The van der Waals surface area contributed by atoms with Crippen molar-refractivity contribution in [2.75, 3.05) is 11.4 Å². The molecule has 0 N–H and O–H groups in total. The molecule has 4 rings (SSSR count). The third-order valence-corrected chi connectivity index (χ3v) is 6.84. The monoisotopic (exact) mass is 452 g/mol. The van der Waals surface area contributed by atoms with Crippen LogP contribution in [0.3, 0.4) is 0 Å². The number of nitrogens with zero attached hydrogens (tertiary/aromatic N) is 2. The standard InChI is InChI=1S/C26H32N2O5/c1-16(2)15-22(28-24(30)19-11-5-6-12-20(19)25(28)31)26(32)33-17(3)23(29)27-14-8-10-18-9-4-7-13-21(18)27/h4-7,9,13,16-17,19-20,22H,8,10-12,14-15H2,1-3H3. The molecule has 3 amide bonds. The molecule has 33 heavy (non-hydrogen) atoms. The molecule has 1 saturated heterocycles. The summed E-state index contributed by atoms with van der Waals surface area (Å²) in [4.78, 5) is 55.4. The minimum atomic E-state index is -1.02. The van der Waals surface area contributed by atoms with Crippen molar-refractivity contribution >= 4 is 29.4 Å². The quantitative estimate of drug-likeness (QED) is 0.376. The lowest BCUT2D eigenvalue weighted by Gasteiger charge is -2.32. The fourth-order valence-corrected chi connectivity index (χ4v) is 5.17. The van der Waals surface area contributed by atoms with Crippen LogP contribution in [-0.4, -0.2) is 47.3 Å². The molecule has 1 aromatic carbocycles. The van der Waals surface area contributed by atoms with E-state index in [0.717, 1.165) is 29.0 Å². The number of likely N-dealkylation sites (tertiary alicyclic amines) is 1. The minimum Gasteiger partial charge on any atom is -0.451 e. The predicted octanol–water partition coefficient (Wildman–Crippen LogP) is 3.26. The molecule has 0 radical (unpaired) electrons. The SMILES string of the molecule is CC(C)CC(C(=O)OC(C)C(=O)N1CCCc2ccccc21)N1C(=O)C2CC=CCC2C1=O. The number of benzene rings is 1. The average molecular weight is 453 g/mol. The summed E-state index contributed by atoms with van der Waals surface area (Å²) in [7, 11) is 0. The molecule has 1 aromatic rings. The Morgan fingerprint density at radius 1 is 1.03 bits per heavy atom. The summed E-state index contributed by atoms with van der Waals surface area (Å²) in [6.45, 7) is 5.98. The summed E-state index contributed by atoms with van der Waals surface area (Å²) >= 11 is 0. The molecule has 1 aliphatic carbocycles. The number of anilines is 1. The van der Waals surface area contributed by atoms with Crippen molar-refractivity contribution in [2.45, 2.75) is 65.0 Å². The van der Waals surface area contributed by atoms with E-state index in [-0.39, 0.29) is 23.6 Å². The Morgan fingerprint density at radius 3 is 2.30 bits per heavy atom. The zero-order valence-electron chi connectivity index (χ0n) is 19.5. The number of esters is 1. The number of amides is 3. The second-order valence-electron chi connectivity index (χ2n) is 9.65. The van der Waals surface area contributed by atoms with E-state index >= 15 is 0 Å². The van der Waals surface area contributed by atoms with Crippen molar-refractivity contribution in [2.24, 2.45) is 17.8 Å². The topological polar surface area (TPSA) is 84.0 Å². The molecule has 7 heteroatoms. The van der Waals surface area contributed by atoms with E-state index in [1.165, 1.54) is 0 Å². The molecule has 4 unspecified atom stereocenters. The molecule has 1 fully saturated rings. The molecule has 0 saturated carbocycles. The number of fused-ring (bicyclic) bond motifs is 2. The third kappa shape index (κ3) is 4.45. The van der Waals surface area contributed by atoms with Gasteiger partial charge in [0.2, 0.25) is 11.8 Å². The lowest BCUT2D eigenvalue weighted by molar-refractivity contribution is -0.165. The van der Waals surface area contributed by atoms with Crippen LogP contribution in [0.25, 0.3) is 0 Å². The van der Waals surface area contributed by atoms with E-state index < -0.39 is 30.0 Å². The van der Waals surface area contributed by atoms with E-state index in [1.807, 2.05) is 50.3 Å². The lowest BCUT2D eigenvalue weighted by atomic mass is 9.85.